The van der Waals surface area contributed by atoms with Crippen LogP contribution in [0.3, 0.4) is 0 Å². The Kier molecular flexibility index (Phi) is 3.96. The van der Waals surface area contributed by atoms with Crippen LogP contribution in [0, 0.1) is 11.6 Å². The van der Waals surface area contributed by atoms with E-state index in [1.807, 2.05) is 25.1 Å². The number of aryl methyl sites for hydroxylation is 1. The first-order valence-electron chi connectivity index (χ1n) is 7.04. The molecular weight excluding hydrogens is 292 g/mol. The lowest BCUT2D eigenvalue weighted by Gasteiger charge is -2.21. The highest BCUT2D eigenvalue weighted by molar-refractivity contribution is 6.30. The van der Waals surface area contributed by atoms with Crippen LogP contribution in [0.2, 0.25) is 5.02 Å². The highest BCUT2D eigenvalue weighted by Gasteiger charge is 2.24. The van der Waals surface area contributed by atoms with E-state index >= 15 is 0 Å². The summed E-state index contributed by atoms with van der Waals surface area (Å²) in [5.74, 6) is -1.06. The molecule has 0 saturated heterocycles. The van der Waals surface area contributed by atoms with Gasteiger partial charge in [0, 0.05) is 28.7 Å². The van der Waals surface area contributed by atoms with Crippen LogP contribution in [-0.4, -0.2) is 0 Å². The Hall–Kier alpha value is -1.45. The average Bonchev–Trinajstić information content (AvgIpc) is 2.80. The Morgan fingerprint density at radius 2 is 2.00 bits per heavy atom. The second kappa shape index (κ2) is 5.74. The van der Waals surface area contributed by atoms with Crippen molar-refractivity contribution in [2.24, 2.45) is 0 Å². The smallest absolute Gasteiger partial charge is 0.130 e. The van der Waals surface area contributed by atoms with E-state index in [-0.39, 0.29) is 12.1 Å². The molecule has 21 heavy (non-hydrogen) atoms. The molecule has 0 amide bonds. The van der Waals surface area contributed by atoms with Crippen LogP contribution in [0.15, 0.2) is 36.4 Å². The van der Waals surface area contributed by atoms with Crippen LogP contribution in [-0.2, 0) is 6.42 Å². The van der Waals surface area contributed by atoms with Gasteiger partial charge in [0.25, 0.3) is 0 Å². The van der Waals surface area contributed by atoms with Crippen LogP contribution < -0.4 is 5.32 Å². The van der Waals surface area contributed by atoms with Crippen LogP contribution in [0.5, 0.6) is 0 Å². The van der Waals surface area contributed by atoms with E-state index in [9.17, 15) is 8.78 Å². The fourth-order valence-electron chi connectivity index (χ4n) is 3.00. The third-order valence-electron chi connectivity index (χ3n) is 4.06. The molecule has 4 heteroatoms. The first-order valence-corrected chi connectivity index (χ1v) is 7.41. The van der Waals surface area contributed by atoms with Gasteiger partial charge in [0.15, 0.2) is 0 Å². The van der Waals surface area contributed by atoms with Gasteiger partial charge >= 0.3 is 0 Å². The summed E-state index contributed by atoms with van der Waals surface area (Å²) in [6.45, 7) is 1.89. The maximum atomic E-state index is 13.8. The van der Waals surface area contributed by atoms with E-state index in [1.165, 1.54) is 23.3 Å². The number of benzene rings is 2. The summed E-state index contributed by atoms with van der Waals surface area (Å²) in [4.78, 5) is 0. The van der Waals surface area contributed by atoms with E-state index in [1.54, 1.807) is 0 Å². The number of fused-ring (bicyclic) bond motifs is 1. The largest absolute Gasteiger partial charge is 0.303 e. The first-order chi connectivity index (χ1) is 10.0. The summed E-state index contributed by atoms with van der Waals surface area (Å²) >= 11 is 6.00. The van der Waals surface area contributed by atoms with E-state index in [0.717, 1.165) is 23.9 Å². The van der Waals surface area contributed by atoms with E-state index in [2.05, 4.69) is 5.32 Å². The first kappa shape index (κ1) is 14.5. The maximum absolute atomic E-state index is 13.8. The molecule has 0 fully saturated rings. The minimum absolute atomic E-state index is 0.178. The molecule has 0 aliphatic heterocycles. The summed E-state index contributed by atoms with van der Waals surface area (Å²) in [5, 5.41) is 4.17. The number of hydrogen-bond donors (Lipinski definition) is 1. The lowest BCUT2D eigenvalue weighted by Crippen LogP contribution is -2.23. The summed E-state index contributed by atoms with van der Waals surface area (Å²) in [6.07, 6.45) is 1.93. The average molecular weight is 308 g/mol. The zero-order valence-electron chi connectivity index (χ0n) is 11.7. The monoisotopic (exact) mass is 307 g/mol. The van der Waals surface area contributed by atoms with Gasteiger partial charge in [-0.3, -0.25) is 0 Å². The van der Waals surface area contributed by atoms with Gasteiger partial charge in [-0.15, -0.1) is 0 Å². The molecule has 2 aromatic carbocycles. The molecule has 0 saturated carbocycles. The molecule has 1 aliphatic rings. The van der Waals surface area contributed by atoms with Crippen LogP contribution >= 0.6 is 11.6 Å². The van der Waals surface area contributed by atoms with Gasteiger partial charge < -0.3 is 5.32 Å². The molecule has 2 unspecified atom stereocenters. The Morgan fingerprint density at radius 3 is 2.76 bits per heavy atom. The Bertz CT molecular complexity index is 672. The van der Waals surface area contributed by atoms with Crippen molar-refractivity contribution >= 4 is 11.6 Å². The summed E-state index contributed by atoms with van der Waals surface area (Å²) in [6, 6.07) is 9.60. The van der Waals surface area contributed by atoms with Gasteiger partial charge in [0.2, 0.25) is 0 Å². The van der Waals surface area contributed by atoms with Crippen LogP contribution in [0.4, 0.5) is 8.78 Å². The van der Waals surface area contributed by atoms with Crippen molar-refractivity contribution in [1.29, 1.82) is 0 Å². The van der Waals surface area contributed by atoms with Crippen molar-refractivity contribution in [3.8, 4) is 0 Å². The van der Waals surface area contributed by atoms with Gasteiger partial charge in [-0.2, -0.15) is 0 Å². The predicted octanol–water partition coefficient (Wildman–Crippen LogP) is 4.96. The number of hydrogen-bond acceptors (Lipinski definition) is 1. The highest BCUT2D eigenvalue weighted by atomic mass is 35.5. The molecule has 110 valence electrons. The van der Waals surface area contributed by atoms with Gasteiger partial charge in [-0.05, 0) is 49.1 Å². The molecule has 0 spiro atoms. The maximum Gasteiger partial charge on any atom is 0.130 e. The Balaban J connectivity index is 1.79. The van der Waals surface area contributed by atoms with Crippen molar-refractivity contribution in [3.63, 3.8) is 0 Å². The molecule has 0 bridgehead atoms. The molecule has 0 aromatic heterocycles. The zero-order valence-corrected chi connectivity index (χ0v) is 12.4. The zero-order chi connectivity index (χ0) is 15.0. The summed E-state index contributed by atoms with van der Waals surface area (Å²) < 4.78 is 26.8. The standard InChI is InChI=1S/C17H16ClF2N/c1-10(14-6-4-13(19)9-16(14)20)21-17-7-2-11-8-12(18)3-5-15(11)17/h3-6,8-10,17,21H,2,7H2,1H3. The van der Waals surface area contributed by atoms with Crippen molar-refractivity contribution in [2.75, 3.05) is 0 Å². The molecule has 2 aromatic rings. The molecular formula is C17H16ClF2N. The Labute approximate surface area is 127 Å². The molecule has 1 N–H and O–H groups in total. The third-order valence-corrected chi connectivity index (χ3v) is 4.30. The van der Waals surface area contributed by atoms with Crippen molar-refractivity contribution in [2.45, 2.75) is 31.8 Å². The molecule has 1 nitrogen and oxygen atoms in total. The van der Waals surface area contributed by atoms with E-state index in [4.69, 9.17) is 11.6 Å². The molecule has 0 radical (unpaired) electrons. The second-order valence-electron chi connectivity index (χ2n) is 5.49. The highest BCUT2D eigenvalue weighted by Crippen LogP contribution is 2.34. The fourth-order valence-corrected chi connectivity index (χ4v) is 3.20. The van der Waals surface area contributed by atoms with E-state index < -0.39 is 11.6 Å². The van der Waals surface area contributed by atoms with Crippen molar-refractivity contribution in [3.05, 3.63) is 69.7 Å². The normalized spacial score (nSPS) is 18.6. The van der Waals surface area contributed by atoms with E-state index in [0.29, 0.717) is 5.56 Å². The minimum Gasteiger partial charge on any atom is -0.303 e. The third kappa shape index (κ3) is 2.94. The Morgan fingerprint density at radius 1 is 1.19 bits per heavy atom. The van der Waals surface area contributed by atoms with Gasteiger partial charge in [-0.25, -0.2) is 8.78 Å². The van der Waals surface area contributed by atoms with Gasteiger partial charge in [-0.1, -0.05) is 23.7 Å². The summed E-state index contributed by atoms with van der Waals surface area (Å²) in [5.41, 5.74) is 2.94. The predicted molar refractivity (Wildman–Crippen MR) is 80.4 cm³/mol. The van der Waals surface area contributed by atoms with Crippen LogP contribution in [0.1, 0.15) is 42.1 Å². The minimum atomic E-state index is -0.552. The number of halogens is 3. The topological polar surface area (TPSA) is 12.0 Å². The van der Waals surface area contributed by atoms with Gasteiger partial charge in [0.1, 0.15) is 11.6 Å². The summed E-state index contributed by atoms with van der Waals surface area (Å²) in [7, 11) is 0. The lowest BCUT2D eigenvalue weighted by molar-refractivity contribution is 0.448. The van der Waals surface area contributed by atoms with Gasteiger partial charge in [0.05, 0.1) is 0 Å². The molecule has 2 atom stereocenters. The quantitative estimate of drug-likeness (QED) is 0.845. The number of rotatable bonds is 3. The van der Waals surface area contributed by atoms with Crippen LogP contribution in [0.25, 0.3) is 0 Å². The molecule has 0 heterocycles. The fraction of sp³-hybridized carbons (Fsp3) is 0.294. The second-order valence-corrected chi connectivity index (χ2v) is 5.93. The SMILES string of the molecule is CC(NC1CCc2cc(Cl)ccc21)c1ccc(F)cc1F. The van der Waals surface area contributed by atoms with Crippen molar-refractivity contribution < 1.29 is 8.78 Å². The molecule has 1 aliphatic carbocycles. The van der Waals surface area contributed by atoms with Crippen molar-refractivity contribution in [1.82, 2.24) is 5.32 Å². The lowest BCUT2D eigenvalue weighted by atomic mass is 10.0. The number of nitrogens with one attached hydrogen (secondary N) is 1. The molecule has 3 rings (SSSR count).